The summed E-state index contributed by atoms with van der Waals surface area (Å²) in [6.07, 6.45) is 1.48. The van der Waals surface area contributed by atoms with Gasteiger partial charge in [-0.05, 0) is 12.0 Å². The van der Waals surface area contributed by atoms with E-state index in [0.29, 0.717) is 26.2 Å². The molecule has 0 saturated heterocycles. The van der Waals surface area contributed by atoms with Crippen LogP contribution in [0.4, 0.5) is 0 Å². The summed E-state index contributed by atoms with van der Waals surface area (Å²) < 4.78 is 5.57. The van der Waals surface area contributed by atoms with Crippen LogP contribution in [0.5, 0.6) is 0 Å². The number of nitrogens with two attached hydrogens (primary N) is 1. The monoisotopic (exact) mass is 201 g/mol. The van der Waals surface area contributed by atoms with E-state index in [1.807, 2.05) is 13.8 Å². The van der Waals surface area contributed by atoms with Crippen LogP contribution in [-0.2, 0) is 9.53 Å². The van der Waals surface area contributed by atoms with E-state index in [2.05, 4.69) is 13.8 Å². The molecule has 0 aliphatic rings. The van der Waals surface area contributed by atoms with Gasteiger partial charge in [-0.3, -0.25) is 0 Å². The minimum absolute atomic E-state index is 0.0251. The average Bonchev–Trinajstić information content (AvgIpc) is 2.03. The molecule has 0 spiro atoms. The zero-order valence-electron chi connectivity index (χ0n) is 9.80. The van der Waals surface area contributed by atoms with E-state index in [-0.39, 0.29) is 10.8 Å². The van der Waals surface area contributed by atoms with Crippen molar-refractivity contribution in [1.29, 1.82) is 0 Å². The fourth-order valence-electron chi connectivity index (χ4n) is 0.947. The second-order valence-electron chi connectivity index (χ2n) is 5.40. The molecule has 3 nitrogen and oxygen atoms in total. The van der Waals surface area contributed by atoms with Gasteiger partial charge in [-0.1, -0.05) is 27.7 Å². The van der Waals surface area contributed by atoms with Gasteiger partial charge in [0.15, 0.2) is 0 Å². The van der Waals surface area contributed by atoms with E-state index in [9.17, 15) is 4.79 Å². The molecule has 14 heavy (non-hydrogen) atoms. The van der Waals surface area contributed by atoms with Crippen LogP contribution in [0.25, 0.3) is 0 Å². The van der Waals surface area contributed by atoms with Crippen molar-refractivity contribution in [1.82, 2.24) is 0 Å². The van der Waals surface area contributed by atoms with Crippen molar-refractivity contribution in [2.24, 2.45) is 16.6 Å². The molecule has 2 N–H and O–H groups in total. The minimum Gasteiger partial charge on any atom is -0.380 e. The van der Waals surface area contributed by atoms with E-state index in [1.54, 1.807) is 0 Å². The fraction of sp³-hybridized carbons (Fsp3) is 0.909. The van der Waals surface area contributed by atoms with Gasteiger partial charge in [0.1, 0.15) is 6.29 Å². The Kier molecular flexibility index (Phi) is 5.31. The van der Waals surface area contributed by atoms with Crippen LogP contribution in [0.15, 0.2) is 0 Å². The number of aldehydes is 1. The Morgan fingerprint density at radius 2 is 1.64 bits per heavy atom. The van der Waals surface area contributed by atoms with Gasteiger partial charge < -0.3 is 15.3 Å². The van der Waals surface area contributed by atoms with Crippen LogP contribution in [0.3, 0.4) is 0 Å². The molecule has 0 radical (unpaired) electrons. The van der Waals surface area contributed by atoms with Crippen LogP contribution < -0.4 is 5.73 Å². The van der Waals surface area contributed by atoms with E-state index >= 15 is 0 Å². The third-order valence-corrected chi connectivity index (χ3v) is 2.17. The van der Waals surface area contributed by atoms with Gasteiger partial charge in [-0.15, -0.1) is 0 Å². The molecule has 0 aromatic carbocycles. The Morgan fingerprint density at radius 1 is 1.14 bits per heavy atom. The normalized spacial score (nSPS) is 12.9. The first-order valence-electron chi connectivity index (χ1n) is 5.04. The van der Waals surface area contributed by atoms with E-state index in [4.69, 9.17) is 10.5 Å². The smallest absolute Gasteiger partial charge is 0.120 e. The Balaban J connectivity index is 3.78. The Hall–Kier alpha value is -0.410. The molecule has 0 saturated carbocycles. The molecule has 0 bridgehead atoms. The highest BCUT2D eigenvalue weighted by Crippen LogP contribution is 2.21. The SMILES string of the molecule is CC(C)(CN)COCC(C)(C)CC=O. The highest BCUT2D eigenvalue weighted by atomic mass is 16.5. The molecule has 0 rings (SSSR count). The molecule has 0 atom stereocenters. The molecular formula is C11H23NO2. The molecule has 0 aliphatic carbocycles. The predicted octanol–water partition coefficient (Wildman–Crippen LogP) is 1.60. The molecule has 0 fully saturated rings. The predicted molar refractivity (Wildman–Crippen MR) is 58.1 cm³/mol. The van der Waals surface area contributed by atoms with Crippen LogP contribution in [0, 0.1) is 10.8 Å². The summed E-state index contributed by atoms with van der Waals surface area (Å²) in [4.78, 5) is 10.4. The van der Waals surface area contributed by atoms with Crippen LogP contribution >= 0.6 is 0 Å². The maximum Gasteiger partial charge on any atom is 0.120 e. The van der Waals surface area contributed by atoms with E-state index < -0.39 is 0 Å². The molecule has 0 aliphatic heterocycles. The topological polar surface area (TPSA) is 52.3 Å². The van der Waals surface area contributed by atoms with Gasteiger partial charge in [0.25, 0.3) is 0 Å². The zero-order valence-corrected chi connectivity index (χ0v) is 9.80. The van der Waals surface area contributed by atoms with Gasteiger partial charge in [-0.2, -0.15) is 0 Å². The molecule has 3 heteroatoms. The lowest BCUT2D eigenvalue weighted by Crippen LogP contribution is -2.31. The third-order valence-electron chi connectivity index (χ3n) is 2.17. The summed E-state index contributed by atoms with van der Waals surface area (Å²) in [5, 5.41) is 0. The third kappa shape index (κ3) is 6.11. The van der Waals surface area contributed by atoms with Crippen LogP contribution in [0.2, 0.25) is 0 Å². The van der Waals surface area contributed by atoms with Crippen molar-refractivity contribution < 1.29 is 9.53 Å². The summed E-state index contributed by atoms with van der Waals surface area (Å²) in [5.41, 5.74) is 5.54. The molecule has 0 heterocycles. The Morgan fingerprint density at radius 3 is 2.07 bits per heavy atom. The van der Waals surface area contributed by atoms with Gasteiger partial charge >= 0.3 is 0 Å². The number of ether oxygens (including phenoxy) is 1. The lowest BCUT2D eigenvalue weighted by Gasteiger charge is -2.26. The quantitative estimate of drug-likeness (QED) is 0.637. The summed E-state index contributed by atoms with van der Waals surface area (Å²) in [7, 11) is 0. The summed E-state index contributed by atoms with van der Waals surface area (Å²) >= 11 is 0. The van der Waals surface area contributed by atoms with Gasteiger partial charge in [0, 0.05) is 11.8 Å². The van der Waals surface area contributed by atoms with Crippen molar-refractivity contribution in [3.05, 3.63) is 0 Å². The Bertz CT molecular complexity index is 176. The van der Waals surface area contributed by atoms with Crippen molar-refractivity contribution in [3.8, 4) is 0 Å². The molecule has 0 aromatic rings. The average molecular weight is 201 g/mol. The lowest BCUT2D eigenvalue weighted by molar-refractivity contribution is -0.110. The van der Waals surface area contributed by atoms with Gasteiger partial charge in [-0.25, -0.2) is 0 Å². The number of carbonyl (C=O) groups is 1. The lowest BCUT2D eigenvalue weighted by atomic mass is 9.91. The molecule has 0 amide bonds. The molecule has 84 valence electrons. The number of rotatable bonds is 7. The highest BCUT2D eigenvalue weighted by molar-refractivity contribution is 5.50. The van der Waals surface area contributed by atoms with Crippen molar-refractivity contribution in [3.63, 3.8) is 0 Å². The summed E-state index contributed by atoms with van der Waals surface area (Å²) in [6, 6.07) is 0. The molecule has 0 unspecified atom stereocenters. The zero-order chi connectivity index (χ0) is 11.2. The highest BCUT2D eigenvalue weighted by Gasteiger charge is 2.21. The van der Waals surface area contributed by atoms with Crippen molar-refractivity contribution >= 4 is 6.29 Å². The summed E-state index contributed by atoms with van der Waals surface area (Å²) in [5.74, 6) is 0. The Labute approximate surface area is 87.0 Å². The molecule has 0 aromatic heterocycles. The number of hydrogen-bond acceptors (Lipinski definition) is 3. The standard InChI is InChI=1S/C11H23NO2/c1-10(2,5-6-13)8-14-9-11(3,4)7-12/h6H,5,7-9,12H2,1-4H3. The first-order chi connectivity index (χ1) is 6.33. The largest absolute Gasteiger partial charge is 0.380 e. The van der Waals surface area contributed by atoms with E-state index in [0.717, 1.165) is 6.29 Å². The van der Waals surface area contributed by atoms with Gasteiger partial charge in [0.05, 0.1) is 13.2 Å². The minimum atomic E-state index is -0.0631. The second-order valence-corrected chi connectivity index (χ2v) is 5.40. The maximum absolute atomic E-state index is 10.4. The maximum atomic E-state index is 10.4. The van der Waals surface area contributed by atoms with Crippen LogP contribution in [0.1, 0.15) is 34.1 Å². The number of carbonyl (C=O) groups excluding carboxylic acids is 1. The number of hydrogen-bond donors (Lipinski definition) is 1. The van der Waals surface area contributed by atoms with Gasteiger partial charge in [0.2, 0.25) is 0 Å². The van der Waals surface area contributed by atoms with E-state index in [1.165, 1.54) is 0 Å². The second kappa shape index (κ2) is 5.47. The first-order valence-corrected chi connectivity index (χ1v) is 5.04. The first kappa shape index (κ1) is 13.6. The summed E-state index contributed by atoms with van der Waals surface area (Å²) in [6.45, 7) is 10.1. The van der Waals surface area contributed by atoms with Crippen LogP contribution in [-0.4, -0.2) is 26.0 Å². The van der Waals surface area contributed by atoms with Crippen molar-refractivity contribution in [2.75, 3.05) is 19.8 Å². The van der Waals surface area contributed by atoms with Crippen molar-refractivity contribution in [2.45, 2.75) is 34.1 Å². The molecular weight excluding hydrogens is 178 g/mol. The fourth-order valence-corrected chi connectivity index (χ4v) is 0.947.